The van der Waals surface area contributed by atoms with Crippen molar-refractivity contribution in [3.63, 3.8) is 0 Å². The second-order valence-corrected chi connectivity index (χ2v) is 22.6. The molecular weight excluding hydrogens is 977 g/mol. The van der Waals surface area contributed by atoms with Crippen LogP contribution in [0.3, 0.4) is 0 Å². The van der Waals surface area contributed by atoms with Gasteiger partial charge in [-0.1, -0.05) is 125 Å². The zero-order chi connectivity index (χ0) is 54.6. The summed E-state index contributed by atoms with van der Waals surface area (Å²) in [5, 5.41) is 10.5. The molecule has 0 radical (unpaired) electrons. The Hall–Kier alpha value is -6.22. The lowest BCUT2D eigenvalue weighted by atomic mass is 9.83. The van der Waals surface area contributed by atoms with Crippen molar-refractivity contribution in [2.75, 3.05) is 46.3 Å². The molecule has 2 aliphatic heterocycles. The minimum Gasteiger partial charge on any atom is -0.344 e. The Bertz CT molecular complexity index is 2650. The number of likely N-dealkylation sites (N-methyl/N-ethyl adjacent to an activating group) is 1. The fraction of sp³-hybridized carbons (Fsp3) is 0.548. The number of amides is 6. The van der Waals surface area contributed by atoms with E-state index in [2.05, 4.69) is 16.0 Å². The van der Waals surface area contributed by atoms with E-state index in [1.54, 1.807) is 71.7 Å². The average molecular weight is 1060 g/mol. The molecule has 414 valence electrons. The topological polar surface area (TPSA) is 151 Å². The van der Waals surface area contributed by atoms with Gasteiger partial charge in [0.1, 0.15) is 24.4 Å². The predicted octanol–water partition coefficient (Wildman–Crippen LogP) is 8.48. The van der Waals surface area contributed by atoms with E-state index in [4.69, 9.17) is 0 Å². The molecular formula is C62H81F2N7O6. The lowest BCUT2D eigenvalue weighted by Crippen LogP contribution is -2.57. The number of hydrogen-bond donors (Lipinski definition) is 3. The van der Waals surface area contributed by atoms with Crippen LogP contribution in [0.4, 0.5) is 8.78 Å². The van der Waals surface area contributed by atoms with Crippen LogP contribution in [-0.4, -0.2) is 144 Å². The second kappa shape index (κ2) is 26.9. The number of hydrogen-bond acceptors (Lipinski definition) is 7. The Morgan fingerprint density at radius 1 is 0.558 bits per heavy atom. The molecule has 2 heterocycles. The molecule has 3 N–H and O–H groups in total. The summed E-state index contributed by atoms with van der Waals surface area (Å²) in [6.07, 6.45) is 7.80. The molecule has 2 saturated heterocycles. The minimum absolute atomic E-state index is 0.0461. The molecule has 0 bridgehead atoms. The SMILES string of the molecule is CN[C@@H](C)C(=O)N[C@H](C(=O)N1C[C@H](F)C[C@H]1CN(CCc1ccccc1)C(=O)c1ccc2cc(C(=O)N(CCc3ccccc3)C[C@@H]3C[C@@H](F)CN3C(=O)[C@@H](NC(=O)C(C)C)C3CCCCC3)ccc2c1)C1CCCCC1. The summed E-state index contributed by atoms with van der Waals surface area (Å²) in [4.78, 5) is 91.8. The first-order valence-corrected chi connectivity index (χ1v) is 28.5. The fourth-order valence-electron chi connectivity index (χ4n) is 12.1. The Balaban J connectivity index is 1.03. The lowest BCUT2D eigenvalue weighted by molar-refractivity contribution is -0.140. The monoisotopic (exact) mass is 1060 g/mol. The van der Waals surface area contributed by atoms with E-state index in [0.29, 0.717) is 37.1 Å². The third-order valence-electron chi connectivity index (χ3n) is 16.8. The highest BCUT2D eigenvalue weighted by Gasteiger charge is 2.44. The number of rotatable bonds is 21. The molecule has 4 fully saturated rings. The van der Waals surface area contributed by atoms with E-state index in [1.165, 1.54) is 0 Å². The molecule has 4 aromatic rings. The van der Waals surface area contributed by atoms with Crippen molar-refractivity contribution in [2.24, 2.45) is 17.8 Å². The van der Waals surface area contributed by atoms with Gasteiger partial charge in [0, 0.05) is 56.1 Å². The Labute approximate surface area is 454 Å². The highest BCUT2D eigenvalue weighted by molar-refractivity contribution is 6.02. The normalized spacial score (nSPS) is 21.4. The molecule has 13 nitrogen and oxygen atoms in total. The molecule has 0 spiro atoms. The number of alkyl halides is 2. The van der Waals surface area contributed by atoms with Gasteiger partial charge in [0.15, 0.2) is 0 Å². The van der Waals surface area contributed by atoms with Gasteiger partial charge in [-0.2, -0.15) is 0 Å². The number of carbonyl (C=O) groups excluding carboxylic acids is 6. The number of likely N-dealkylation sites (tertiary alicyclic amines) is 2. The van der Waals surface area contributed by atoms with E-state index in [0.717, 1.165) is 86.1 Å². The van der Waals surface area contributed by atoms with Crippen molar-refractivity contribution >= 4 is 46.2 Å². The van der Waals surface area contributed by atoms with Crippen molar-refractivity contribution in [1.82, 2.24) is 35.6 Å². The molecule has 0 unspecified atom stereocenters. The molecule has 15 heteroatoms. The Kier molecular flexibility index (Phi) is 19.9. The molecule has 7 atom stereocenters. The maximum absolute atomic E-state index is 15.6. The summed E-state index contributed by atoms with van der Waals surface area (Å²) in [6, 6.07) is 27.0. The number of nitrogens with one attached hydrogen (secondary N) is 3. The lowest BCUT2D eigenvalue weighted by Gasteiger charge is -2.36. The second-order valence-electron chi connectivity index (χ2n) is 22.6. The largest absolute Gasteiger partial charge is 0.344 e. The third-order valence-corrected chi connectivity index (χ3v) is 16.8. The van der Waals surface area contributed by atoms with E-state index in [1.807, 2.05) is 72.8 Å². The number of nitrogens with zero attached hydrogens (tertiary/aromatic N) is 4. The predicted molar refractivity (Wildman–Crippen MR) is 296 cm³/mol. The van der Waals surface area contributed by atoms with Gasteiger partial charge in [-0.3, -0.25) is 28.8 Å². The molecule has 2 saturated carbocycles. The standard InChI is InChI=1S/C62H81F2N7O6/c1-41(2)57(72)66-55(45-21-13-7-14-22-45)61(76)70-37-51(63)35-53(70)39-68(31-29-43-17-9-5-10-18-43)59(74)49-27-25-48-34-50(28-26-47(48)33-49)60(75)69(32-30-44-19-11-6-12-20-44)40-54-36-52(64)38-71(54)62(77)56(46-23-15-8-16-24-46)67-58(73)42(3)65-4/h5-6,9-12,17-20,25-28,33-34,41-42,45-46,51-56,65H,7-8,13-16,21-24,29-32,35-40H2,1-4H3,(H,66,72)(H,67,73)/t42-,51+,52+,53-,54-,55-,56-/m0/s1. The number of fused-ring (bicyclic) bond motifs is 1. The molecule has 77 heavy (non-hydrogen) atoms. The van der Waals surface area contributed by atoms with Gasteiger partial charge >= 0.3 is 0 Å². The molecule has 6 amide bonds. The van der Waals surface area contributed by atoms with E-state index in [-0.39, 0.29) is 92.2 Å². The smallest absolute Gasteiger partial charge is 0.253 e. The highest BCUT2D eigenvalue weighted by Crippen LogP contribution is 2.33. The van der Waals surface area contributed by atoms with Crippen LogP contribution in [0.1, 0.15) is 130 Å². The number of benzene rings is 4. The summed E-state index contributed by atoms with van der Waals surface area (Å²) in [6.45, 7) is 5.95. The van der Waals surface area contributed by atoms with Crippen LogP contribution in [0.15, 0.2) is 97.1 Å². The van der Waals surface area contributed by atoms with Crippen molar-refractivity contribution in [2.45, 2.75) is 153 Å². The van der Waals surface area contributed by atoms with E-state index in [9.17, 15) is 28.8 Å². The molecule has 4 aromatic carbocycles. The summed E-state index contributed by atoms with van der Waals surface area (Å²) >= 11 is 0. The molecule has 8 rings (SSSR count). The maximum atomic E-state index is 15.6. The van der Waals surface area contributed by atoms with Gasteiger partial charge in [0.25, 0.3) is 11.8 Å². The van der Waals surface area contributed by atoms with Gasteiger partial charge in [-0.15, -0.1) is 0 Å². The van der Waals surface area contributed by atoms with Crippen LogP contribution in [0.25, 0.3) is 10.8 Å². The van der Waals surface area contributed by atoms with Gasteiger partial charge in [-0.25, -0.2) is 8.78 Å². The van der Waals surface area contributed by atoms with Crippen molar-refractivity contribution < 1.29 is 37.5 Å². The quantitative estimate of drug-likeness (QED) is 0.0758. The average Bonchev–Trinajstić information content (AvgIpc) is 4.05. The van der Waals surface area contributed by atoms with Crippen molar-refractivity contribution in [3.05, 3.63) is 119 Å². The summed E-state index contributed by atoms with van der Waals surface area (Å²) in [7, 11) is 1.69. The molecule has 4 aliphatic rings. The maximum Gasteiger partial charge on any atom is 0.253 e. The first-order valence-electron chi connectivity index (χ1n) is 28.5. The van der Waals surface area contributed by atoms with Crippen LogP contribution in [0.2, 0.25) is 0 Å². The van der Waals surface area contributed by atoms with E-state index < -0.39 is 42.6 Å². The minimum atomic E-state index is -1.29. The zero-order valence-electron chi connectivity index (χ0n) is 45.6. The first-order chi connectivity index (χ1) is 37.2. The molecule has 2 aliphatic carbocycles. The van der Waals surface area contributed by atoms with Crippen molar-refractivity contribution in [1.29, 1.82) is 0 Å². The molecule has 0 aromatic heterocycles. The van der Waals surface area contributed by atoms with Crippen LogP contribution in [0, 0.1) is 17.8 Å². The van der Waals surface area contributed by atoms with E-state index >= 15 is 8.78 Å². The summed E-state index contributed by atoms with van der Waals surface area (Å²) in [5.41, 5.74) is 2.86. The Morgan fingerprint density at radius 3 is 1.35 bits per heavy atom. The van der Waals surface area contributed by atoms with Crippen LogP contribution >= 0.6 is 0 Å². The number of carbonyl (C=O) groups is 6. The van der Waals surface area contributed by atoms with Gasteiger partial charge in [-0.05, 0) is 110 Å². The third kappa shape index (κ3) is 14.7. The summed E-state index contributed by atoms with van der Waals surface area (Å²) in [5.74, 6) is -2.08. The van der Waals surface area contributed by atoms with Crippen molar-refractivity contribution in [3.8, 4) is 0 Å². The van der Waals surface area contributed by atoms with Crippen LogP contribution in [-0.2, 0) is 32.0 Å². The zero-order valence-corrected chi connectivity index (χ0v) is 45.6. The Morgan fingerprint density at radius 2 is 0.961 bits per heavy atom. The van der Waals surface area contributed by atoms with Gasteiger partial charge in [0.2, 0.25) is 23.6 Å². The van der Waals surface area contributed by atoms with Gasteiger partial charge < -0.3 is 35.6 Å². The van der Waals surface area contributed by atoms with Crippen LogP contribution in [0.5, 0.6) is 0 Å². The van der Waals surface area contributed by atoms with Crippen LogP contribution < -0.4 is 16.0 Å². The fourth-order valence-corrected chi connectivity index (χ4v) is 12.1. The highest BCUT2D eigenvalue weighted by atomic mass is 19.1. The summed E-state index contributed by atoms with van der Waals surface area (Å²) < 4.78 is 31.3. The van der Waals surface area contributed by atoms with Gasteiger partial charge in [0.05, 0.1) is 31.2 Å². The number of halogens is 2. The first kappa shape index (κ1) is 57.0.